The maximum absolute atomic E-state index is 11.9. The van der Waals surface area contributed by atoms with Gasteiger partial charge in [-0.25, -0.2) is 0 Å². The van der Waals surface area contributed by atoms with Crippen LogP contribution in [0.25, 0.3) is 0 Å². The van der Waals surface area contributed by atoms with Crippen molar-refractivity contribution in [1.29, 1.82) is 0 Å². The van der Waals surface area contributed by atoms with Crippen molar-refractivity contribution in [3.63, 3.8) is 0 Å². The van der Waals surface area contributed by atoms with Crippen molar-refractivity contribution in [1.82, 2.24) is 9.88 Å². The van der Waals surface area contributed by atoms with Gasteiger partial charge in [-0.15, -0.1) is 0 Å². The highest BCUT2D eigenvalue weighted by atomic mass is 79.9. The Bertz CT molecular complexity index is 419. The number of aromatic amines is 1. The molecule has 1 rings (SSSR count). The number of nitrogens with zero attached hydrogens (tertiary/aromatic N) is 2. The molecular formula is C11H16BrN3O3. The monoisotopic (exact) mass is 317 g/mol. The molecule has 0 aromatic carbocycles. The molecule has 18 heavy (non-hydrogen) atoms. The standard InChI is InChI=1S/C11H16BrN3O3/c1-14(6-4-2-3-5-12)11(16)10-7-9(8-13-10)15(17)18/h7-8,13H,2-6H2,1H3. The number of carbonyl (C=O) groups is 1. The van der Waals surface area contributed by atoms with E-state index in [1.807, 2.05) is 0 Å². The molecule has 1 heterocycles. The zero-order chi connectivity index (χ0) is 13.5. The zero-order valence-electron chi connectivity index (χ0n) is 10.2. The highest BCUT2D eigenvalue weighted by Crippen LogP contribution is 2.13. The maximum atomic E-state index is 11.9. The van der Waals surface area contributed by atoms with E-state index in [9.17, 15) is 14.9 Å². The van der Waals surface area contributed by atoms with Crippen molar-refractivity contribution in [3.8, 4) is 0 Å². The van der Waals surface area contributed by atoms with Gasteiger partial charge < -0.3 is 9.88 Å². The average molecular weight is 318 g/mol. The van der Waals surface area contributed by atoms with Crippen LogP contribution in [0.5, 0.6) is 0 Å². The number of nitro groups is 1. The molecule has 6 nitrogen and oxygen atoms in total. The van der Waals surface area contributed by atoms with Gasteiger partial charge in [0.25, 0.3) is 11.6 Å². The van der Waals surface area contributed by atoms with E-state index in [1.54, 1.807) is 11.9 Å². The van der Waals surface area contributed by atoms with E-state index < -0.39 is 4.92 Å². The fraction of sp³-hybridized carbons (Fsp3) is 0.545. The van der Waals surface area contributed by atoms with Crippen molar-refractivity contribution < 1.29 is 9.72 Å². The van der Waals surface area contributed by atoms with Gasteiger partial charge in [-0.2, -0.15) is 0 Å². The molecule has 0 saturated carbocycles. The van der Waals surface area contributed by atoms with Crippen LogP contribution < -0.4 is 0 Å². The van der Waals surface area contributed by atoms with Crippen LogP contribution in [0.15, 0.2) is 12.3 Å². The molecule has 0 aliphatic carbocycles. The Morgan fingerprint density at radius 3 is 2.78 bits per heavy atom. The number of hydrogen-bond acceptors (Lipinski definition) is 3. The Kier molecular flexibility index (Phi) is 5.84. The minimum absolute atomic E-state index is 0.0916. The first-order chi connectivity index (χ1) is 8.56. The molecule has 0 bridgehead atoms. The fourth-order valence-electron chi connectivity index (χ4n) is 1.54. The fourth-order valence-corrected chi connectivity index (χ4v) is 1.94. The van der Waals surface area contributed by atoms with Crippen molar-refractivity contribution in [2.24, 2.45) is 0 Å². The first-order valence-electron chi connectivity index (χ1n) is 5.70. The van der Waals surface area contributed by atoms with Crippen LogP contribution in [0, 0.1) is 10.1 Å². The molecule has 7 heteroatoms. The Morgan fingerprint density at radius 1 is 1.50 bits per heavy atom. The van der Waals surface area contributed by atoms with E-state index in [0.29, 0.717) is 6.54 Å². The average Bonchev–Trinajstić information content (AvgIpc) is 2.83. The van der Waals surface area contributed by atoms with Gasteiger partial charge in [-0.05, 0) is 12.8 Å². The van der Waals surface area contributed by atoms with Gasteiger partial charge >= 0.3 is 0 Å². The highest BCUT2D eigenvalue weighted by molar-refractivity contribution is 9.09. The summed E-state index contributed by atoms with van der Waals surface area (Å²) in [4.78, 5) is 26.1. The molecule has 1 aromatic heterocycles. The van der Waals surface area contributed by atoms with Gasteiger partial charge in [0.05, 0.1) is 11.1 Å². The van der Waals surface area contributed by atoms with Crippen molar-refractivity contribution >= 4 is 27.5 Å². The first-order valence-corrected chi connectivity index (χ1v) is 6.82. The molecule has 1 amide bonds. The normalized spacial score (nSPS) is 10.3. The van der Waals surface area contributed by atoms with Gasteiger partial charge in [0, 0.05) is 25.0 Å². The lowest BCUT2D eigenvalue weighted by atomic mass is 10.2. The number of H-pyrrole nitrogens is 1. The summed E-state index contributed by atoms with van der Waals surface area (Å²) in [6.45, 7) is 0.651. The number of amides is 1. The Morgan fingerprint density at radius 2 is 2.22 bits per heavy atom. The van der Waals surface area contributed by atoms with Crippen LogP contribution >= 0.6 is 15.9 Å². The molecule has 0 radical (unpaired) electrons. The van der Waals surface area contributed by atoms with Crippen LogP contribution in [-0.4, -0.2) is 39.6 Å². The second kappa shape index (κ2) is 7.15. The second-order valence-electron chi connectivity index (χ2n) is 4.01. The predicted octanol–water partition coefficient (Wildman–Crippen LogP) is 2.56. The van der Waals surface area contributed by atoms with Crippen molar-refractivity contribution in [2.45, 2.75) is 19.3 Å². The van der Waals surface area contributed by atoms with Crippen LogP contribution in [0.3, 0.4) is 0 Å². The first kappa shape index (κ1) is 14.7. The van der Waals surface area contributed by atoms with Crippen LogP contribution in [0.1, 0.15) is 29.8 Å². The summed E-state index contributed by atoms with van der Waals surface area (Å²) in [5.41, 5.74) is 0.163. The molecule has 100 valence electrons. The molecular weight excluding hydrogens is 302 g/mol. The number of halogens is 1. The molecule has 0 aliphatic rings. The summed E-state index contributed by atoms with van der Waals surface area (Å²) in [7, 11) is 1.70. The highest BCUT2D eigenvalue weighted by Gasteiger charge is 2.17. The minimum Gasteiger partial charge on any atom is -0.351 e. The Balaban J connectivity index is 2.49. The molecule has 0 spiro atoms. The predicted molar refractivity (Wildman–Crippen MR) is 72.1 cm³/mol. The van der Waals surface area contributed by atoms with Crippen molar-refractivity contribution in [3.05, 3.63) is 28.1 Å². The van der Waals surface area contributed by atoms with Crippen LogP contribution in [0.2, 0.25) is 0 Å². The van der Waals surface area contributed by atoms with E-state index in [-0.39, 0.29) is 17.3 Å². The number of rotatable bonds is 7. The molecule has 0 saturated heterocycles. The number of unbranched alkanes of at least 4 members (excludes halogenated alkanes) is 2. The topological polar surface area (TPSA) is 79.2 Å². The number of aromatic nitrogens is 1. The quantitative estimate of drug-likeness (QED) is 0.363. The van der Waals surface area contributed by atoms with E-state index in [4.69, 9.17) is 0 Å². The van der Waals surface area contributed by atoms with E-state index in [2.05, 4.69) is 20.9 Å². The van der Waals surface area contributed by atoms with Gasteiger partial charge in [-0.1, -0.05) is 22.4 Å². The minimum atomic E-state index is -0.525. The number of hydrogen-bond donors (Lipinski definition) is 1. The van der Waals surface area contributed by atoms with Crippen molar-refractivity contribution in [2.75, 3.05) is 18.9 Å². The third kappa shape index (κ3) is 4.14. The number of nitrogens with one attached hydrogen (secondary N) is 1. The smallest absolute Gasteiger partial charge is 0.287 e. The third-order valence-corrected chi connectivity index (χ3v) is 3.14. The van der Waals surface area contributed by atoms with Crippen LogP contribution in [-0.2, 0) is 0 Å². The molecule has 1 aromatic rings. The molecule has 0 unspecified atom stereocenters. The van der Waals surface area contributed by atoms with Gasteiger partial charge in [0.2, 0.25) is 0 Å². The maximum Gasteiger partial charge on any atom is 0.287 e. The van der Waals surface area contributed by atoms with Gasteiger partial charge in [-0.3, -0.25) is 14.9 Å². The Hall–Kier alpha value is -1.37. The van der Waals surface area contributed by atoms with Gasteiger partial charge in [0.1, 0.15) is 5.69 Å². The Labute approximate surface area is 114 Å². The van der Waals surface area contributed by atoms with Gasteiger partial charge in [0.15, 0.2) is 0 Å². The lowest BCUT2D eigenvalue weighted by molar-refractivity contribution is -0.384. The molecule has 0 aliphatic heterocycles. The lowest BCUT2D eigenvalue weighted by Crippen LogP contribution is -2.27. The van der Waals surface area contributed by atoms with E-state index in [0.717, 1.165) is 24.6 Å². The lowest BCUT2D eigenvalue weighted by Gasteiger charge is -2.15. The summed E-state index contributed by atoms with van der Waals surface area (Å²) in [6.07, 6.45) is 4.28. The summed E-state index contributed by atoms with van der Waals surface area (Å²) in [6, 6.07) is 1.26. The summed E-state index contributed by atoms with van der Waals surface area (Å²) < 4.78 is 0. The number of alkyl halides is 1. The SMILES string of the molecule is CN(CCCCCBr)C(=O)c1cc([N+](=O)[O-])c[nH]1. The van der Waals surface area contributed by atoms with Crippen LogP contribution in [0.4, 0.5) is 5.69 Å². The van der Waals surface area contributed by atoms with E-state index >= 15 is 0 Å². The third-order valence-electron chi connectivity index (χ3n) is 2.58. The summed E-state index contributed by atoms with van der Waals surface area (Å²) in [5.74, 6) is -0.220. The molecule has 0 fully saturated rings. The number of carbonyl (C=O) groups excluding carboxylic acids is 1. The summed E-state index contributed by atoms with van der Waals surface area (Å²) >= 11 is 3.35. The molecule has 0 atom stereocenters. The largest absolute Gasteiger partial charge is 0.351 e. The zero-order valence-corrected chi connectivity index (χ0v) is 11.8. The molecule has 1 N–H and O–H groups in total. The summed E-state index contributed by atoms with van der Waals surface area (Å²) in [5, 5.41) is 11.5. The second-order valence-corrected chi connectivity index (χ2v) is 4.80. The van der Waals surface area contributed by atoms with E-state index in [1.165, 1.54) is 12.3 Å².